The van der Waals surface area contributed by atoms with E-state index in [1.807, 2.05) is 11.8 Å². The summed E-state index contributed by atoms with van der Waals surface area (Å²) in [6.07, 6.45) is 7.38. The van der Waals surface area contributed by atoms with Crippen LogP contribution in [0.3, 0.4) is 0 Å². The van der Waals surface area contributed by atoms with E-state index in [0.717, 1.165) is 36.2 Å². The summed E-state index contributed by atoms with van der Waals surface area (Å²) >= 11 is 1.83. The second-order valence-electron chi connectivity index (χ2n) is 5.55. The lowest BCUT2D eigenvalue weighted by Gasteiger charge is -2.31. The maximum Gasteiger partial charge on any atom is 0.227 e. The maximum atomic E-state index is 5.42. The topological polar surface area (TPSA) is 51.0 Å². The number of aromatic nitrogens is 2. The van der Waals surface area contributed by atoms with Gasteiger partial charge in [-0.3, -0.25) is 0 Å². The molecule has 1 N–H and O–H groups in total. The quantitative estimate of drug-likeness (QED) is 0.796. The fraction of sp³-hybridized carbons (Fsp3) is 0.867. The van der Waals surface area contributed by atoms with Crippen LogP contribution >= 0.6 is 11.8 Å². The highest BCUT2D eigenvalue weighted by Crippen LogP contribution is 2.27. The lowest BCUT2D eigenvalue weighted by atomic mass is 9.82. The Kier molecular flexibility index (Phi) is 6.87. The number of nitrogens with one attached hydrogen (secondary N) is 1. The van der Waals surface area contributed by atoms with Crippen LogP contribution in [0.1, 0.15) is 57.7 Å². The Morgan fingerprint density at radius 1 is 1.30 bits per heavy atom. The standard InChI is InChI=1S/C15H27N3OS/c1-3-9-16-13-8-6-5-7-12(13)10-15-17-14(18-19-15)11-20-4-2/h12-13,16H,3-11H2,1-2H3. The summed E-state index contributed by atoms with van der Waals surface area (Å²) in [4.78, 5) is 4.53. The molecule has 2 unspecified atom stereocenters. The molecule has 1 aliphatic rings. The second-order valence-corrected chi connectivity index (χ2v) is 6.83. The molecule has 1 fully saturated rings. The van der Waals surface area contributed by atoms with Crippen molar-refractivity contribution >= 4 is 11.8 Å². The van der Waals surface area contributed by atoms with Gasteiger partial charge in [-0.15, -0.1) is 0 Å². The first-order valence-corrected chi connectivity index (χ1v) is 9.11. The highest BCUT2D eigenvalue weighted by molar-refractivity contribution is 7.98. The molecular formula is C15H27N3OS. The minimum atomic E-state index is 0.629. The molecule has 1 heterocycles. The van der Waals surface area contributed by atoms with Crippen LogP contribution in [0.5, 0.6) is 0 Å². The second kappa shape index (κ2) is 8.67. The van der Waals surface area contributed by atoms with Gasteiger partial charge in [0.15, 0.2) is 5.82 Å². The van der Waals surface area contributed by atoms with Gasteiger partial charge in [0.05, 0.1) is 5.75 Å². The van der Waals surface area contributed by atoms with Crippen molar-refractivity contribution < 1.29 is 4.52 Å². The molecule has 0 radical (unpaired) electrons. The van der Waals surface area contributed by atoms with E-state index in [-0.39, 0.29) is 0 Å². The van der Waals surface area contributed by atoms with Crippen molar-refractivity contribution in [2.75, 3.05) is 12.3 Å². The third-order valence-corrected chi connectivity index (χ3v) is 4.82. The predicted octanol–water partition coefficient (Wildman–Crippen LogP) is 3.42. The summed E-state index contributed by atoms with van der Waals surface area (Å²) in [5.41, 5.74) is 0. The van der Waals surface area contributed by atoms with Gasteiger partial charge < -0.3 is 9.84 Å². The van der Waals surface area contributed by atoms with Crippen LogP contribution in [0, 0.1) is 5.92 Å². The first-order chi connectivity index (χ1) is 9.83. The highest BCUT2D eigenvalue weighted by Gasteiger charge is 2.26. The van der Waals surface area contributed by atoms with Crippen molar-refractivity contribution in [1.29, 1.82) is 0 Å². The molecule has 4 nitrogen and oxygen atoms in total. The Morgan fingerprint density at radius 2 is 2.15 bits per heavy atom. The lowest BCUT2D eigenvalue weighted by molar-refractivity contribution is 0.240. The van der Waals surface area contributed by atoms with Gasteiger partial charge in [0.1, 0.15) is 0 Å². The molecule has 114 valence electrons. The minimum Gasteiger partial charge on any atom is -0.339 e. The summed E-state index contributed by atoms with van der Waals surface area (Å²) in [6, 6.07) is 0.629. The van der Waals surface area contributed by atoms with Gasteiger partial charge in [-0.1, -0.05) is 31.8 Å². The molecule has 0 bridgehead atoms. The van der Waals surface area contributed by atoms with Crippen LogP contribution in [0.25, 0.3) is 0 Å². The Hall–Kier alpha value is -0.550. The summed E-state index contributed by atoms with van der Waals surface area (Å²) in [5.74, 6) is 4.28. The summed E-state index contributed by atoms with van der Waals surface area (Å²) in [7, 11) is 0. The van der Waals surface area contributed by atoms with E-state index in [9.17, 15) is 0 Å². The summed E-state index contributed by atoms with van der Waals surface area (Å²) in [5, 5.41) is 7.77. The van der Waals surface area contributed by atoms with E-state index in [1.54, 1.807) is 0 Å². The van der Waals surface area contributed by atoms with Gasteiger partial charge in [0.25, 0.3) is 0 Å². The van der Waals surface area contributed by atoms with Crippen LogP contribution in [0.4, 0.5) is 0 Å². The summed E-state index contributed by atoms with van der Waals surface area (Å²) in [6.45, 7) is 5.49. The van der Waals surface area contributed by atoms with Crippen LogP contribution in [-0.2, 0) is 12.2 Å². The van der Waals surface area contributed by atoms with Crippen molar-refractivity contribution in [3.8, 4) is 0 Å². The molecule has 0 saturated heterocycles. The van der Waals surface area contributed by atoms with Crippen molar-refractivity contribution in [3.05, 3.63) is 11.7 Å². The average molecular weight is 297 g/mol. The molecule has 0 spiro atoms. The minimum absolute atomic E-state index is 0.629. The molecule has 0 amide bonds. The van der Waals surface area contributed by atoms with Gasteiger partial charge in [-0.2, -0.15) is 16.7 Å². The van der Waals surface area contributed by atoms with Gasteiger partial charge in [0.2, 0.25) is 5.89 Å². The zero-order valence-corrected chi connectivity index (χ0v) is 13.5. The first-order valence-electron chi connectivity index (χ1n) is 7.96. The lowest BCUT2D eigenvalue weighted by Crippen LogP contribution is -2.39. The Bertz CT molecular complexity index is 383. The predicted molar refractivity (Wildman–Crippen MR) is 83.9 cm³/mol. The Balaban J connectivity index is 1.87. The van der Waals surface area contributed by atoms with E-state index < -0.39 is 0 Å². The van der Waals surface area contributed by atoms with Crippen molar-refractivity contribution in [1.82, 2.24) is 15.5 Å². The molecule has 1 aliphatic carbocycles. The molecule has 2 rings (SSSR count). The van der Waals surface area contributed by atoms with Crippen LogP contribution in [-0.4, -0.2) is 28.5 Å². The largest absolute Gasteiger partial charge is 0.339 e. The van der Waals surface area contributed by atoms with Crippen molar-refractivity contribution in [3.63, 3.8) is 0 Å². The highest BCUT2D eigenvalue weighted by atomic mass is 32.2. The van der Waals surface area contributed by atoms with Crippen molar-refractivity contribution in [2.24, 2.45) is 5.92 Å². The number of hydrogen-bond acceptors (Lipinski definition) is 5. The number of thioether (sulfide) groups is 1. The Labute approximate surface area is 126 Å². The molecule has 20 heavy (non-hydrogen) atoms. The molecule has 5 heteroatoms. The SMILES string of the molecule is CCCNC1CCCCC1Cc1nc(CSCC)no1. The van der Waals surface area contributed by atoms with Gasteiger partial charge in [-0.05, 0) is 37.5 Å². The molecule has 0 aromatic carbocycles. The van der Waals surface area contributed by atoms with Gasteiger partial charge in [0, 0.05) is 12.5 Å². The fourth-order valence-electron chi connectivity index (χ4n) is 2.90. The van der Waals surface area contributed by atoms with Crippen molar-refractivity contribution in [2.45, 2.75) is 64.2 Å². The van der Waals surface area contributed by atoms with Crippen LogP contribution in [0.15, 0.2) is 4.52 Å². The first kappa shape index (κ1) is 15.8. The van der Waals surface area contributed by atoms with Gasteiger partial charge in [-0.25, -0.2) is 0 Å². The fourth-order valence-corrected chi connectivity index (χ4v) is 3.40. The van der Waals surface area contributed by atoms with Gasteiger partial charge >= 0.3 is 0 Å². The van der Waals surface area contributed by atoms with E-state index in [4.69, 9.17) is 4.52 Å². The maximum absolute atomic E-state index is 5.42. The zero-order chi connectivity index (χ0) is 14.2. The number of nitrogens with zero attached hydrogens (tertiary/aromatic N) is 2. The van der Waals surface area contributed by atoms with E-state index in [1.165, 1.54) is 32.1 Å². The normalized spacial score (nSPS) is 23.1. The van der Waals surface area contributed by atoms with E-state index in [0.29, 0.717) is 12.0 Å². The third-order valence-electron chi connectivity index (χ3n) is 3.95. The van der Waals surface area contributed by atoms with E-state index in [2.05, 4.69) is 29.3 Å². The molecule has 2 atom stereocenters. The molecule has 1 aromatic rings. The van der Waals surface area contributed by atoms with Crippen LogP contribution < -0.4 is 5.32 Å². The molecule has 0 aliphatic heterocycles. The zero-order valence-electron chi connectivity index (χ0n) is 12.7. The third kappa shape index (κ3) is 4.77. The van der Waals surface area contributed by atoms with Crippen LogP contribution in [0.2, 0.25) is 0 Å². The average Bonchev–Trinajstić information content (AvgIpc) is 2.92. The molecule has 1 aromatic heterocycles. The smallest absolute Gasteiger partial charge is 0.227 e. The number of rotatable bonds is 8. The summed E-state index contributed by atoms with van der Waals surface area (Å²) < 4.78 is 5.42. The molecule has 1 saturated carbocycles. The van der Waals surface area contributed by atoms with E-state index >= 15 is 0 Å². The molecular weight excluding hydrogens is 270 g/mol. The Morgan fingerprint density at radius 3 is 2.95 bits per heavy atom. The monoisotopic (exact) mass is 297 g/mol. The number of hydrogen-bond donors (Lipinski definition) is 1.